The van der Waals surface area contributed by atoms with Gasteiger partial charge >= 0.3 is 5.97 Å². The Labute approximate surface area is 109 Å². The molecule has 0 saturated heterocycles. The molecule has 102 valence electrons. The van der Waals surface area contributed by atoms with Gasteiger partial charge in [0.2, 0.25) is 0 Å². The first-order chi connectivity index (χ1) is 8.98. The van der Waals surface area contributed by atoms with Gasteiger partial charge in [0.15, 0.2) is 11.6 Å². The molecule has 0 unspecified atom stereocenters. The zero-order chi connectivity index (χ0) is 14.0. The summed E-state index contributed by atoms with van der Waals surface area (Å²) in [5.74, 6) is -2.27. The van der Waals surface area contributed by atoms with Gasteiger partial charge in [0, 0.05) is 5.56 Å². The van der Waals surface area contributed by atoms with Crippen LogP contribution in [-0.2, 0) is 4.79 Å². The summed E-state index contributed by atoms with van der Waals surface area (Å²) in [5.41, 5.74) is -1.13. The molecule has 1 fully saturated rings. The fourth-order valence-electron chi connectivity index (χ4n) is 2.02. The van der Waals surface area contributed by atoms with Crippen molar-refractivity contribution >= 4 is 11.9 Å². The first kappa shape index (κ1) is 13.3. The maximum atomic E-state index is 13.5. The van der Waals surface area contributed by atoms with E-state index in [0.29, 0.717) is 12.8 Å². The molecule has 2 rings (SSSR count). The molecule has 0 atom stereocenters. The molecule has 0 aliphatic heterocycles. The molecule has 1 aromatic carbocycles. The Kier molecular flexibility index (Phi) is 3.42. The van der Waals surface area contributed by atoms with Crippen LogP contribution >= 0.6 is 0 Å². The van der Waals surface area contributed by atoms with Gasteiger partial charge in [-0.1, -0.05) is 0 Å². The SMILES string of the molecule is COc1ccc(C(=O)NC2(C(=O)O)CCC2)cc1F. The van der Waals surface area contributed by atoms with Crippen LogP contribution in [-0.4, -0.2) is 29.6 Å². The van der Waals surface area contributed by atoms with Gasteiger partial charge in [0.25, 0.3) is 5.91 Å². The lowest BCUT2D eigenvalue weighted by molar-refractivity contribution is -0.148. The summed E-state index contributed by atoms with van der Waals surface area (Å²) in [7, 11) is 1.33. The van der Waals surface area contributed by atoms with Gasteiger partial charge in [-0.15, -0.1) is 0 Å². The van der Waals surface area contributed by atoms with Crippen molar-refractivity contribution in [2.24, 2.45) is 0 Å². The fraction of sp³-hybridized carbons (Fsp3) is 0.385. The Morgan fingerprint density at radius 1 is 1.42 bits per heavy atom. The minimum Gasteiger partial charge on any atom is -0.494 e. The first-order valence-corrected chi connectivity index (χ1v) is 5.88. The zero-order valence-electron chi connectivity index (χ0n) is 10.4. The van der Waals surface area contributed by atoms with E-state index < -0.39 is 23.2 Å². The number of hydrogen-bond donors (Lipinski definition) is 2. The van der Waals surface area contributed by atoms with Crippen molar-refractivity contribution in [3.05, 3.63) is 29.6 Å². The lowest BCUT2D eigenvalue weighted by atomic mass is 9.76. The molecule has 2 N–H and O–H groups in total. The average molecular weight is 267 g/mol. The van der Waals surface area contributed by atoms with E-state index in [-0.39, 0.29) is 11.3 Å². The monoisotopic (exact) mass is 267 g/mol. The molecule has 1 aliphatic rings. The van der Waals surface area contributed by atoms with E-state index in [0.717, 1.165) is 12.5 Å². The summed E-state index contributed by atoms with van der Waals surface area (Å²) in [6.07, 6.45) is 1.54. The number of carboxylic acid groups (broad SMARTS) is 1. The molecule has 0 bridgehead atoms. The van der Waals surface area contributed by atoms with Crippen molar-refractivity contribution in [3.63, 3.8) is 0 Å². The van der Waals surface area contributed by atoms with Crippen LogP contribution in [0, 0.1) is 5.82 Å². The molecule has 1 aliphatic carbocycles. The van der Waals surface area contributed by atoms with Crippen molar-refractivity contribution in [1.82, 2.24) is 5.32 Å². The van der Waals surface area contributed by atoms with Crippen LogP contribution in [0.3, 0.4) is 0 Å². The Bertz CT molecular complexity index is 525. The summed E-state index contributed by atoms with van der Waals surface area (Å²) >= 11 is 0. The molecule has 5 nitrogen and oxygen atoms in total. The standard InChI is InChI=1S/C13H14FNO4/c1-19-10-4-3-8(7-9(10)14)11(16)15-13(12(17)18)5-2-6-13/h3-4,7H,2,5-6H2,1H3,(H,15,16)(H,17,18). The molecule has 0 heterocycles. The summed E-state index contributed by atoms with van der Waals surface area (Å²) < 4.78 is 18.2. The largest absolute Gasteiger partial charge is 0.494 e. The van der Waals surface area contributed by atoms with Crippen molar-refractivity contribution in [2.75, 3.05) is 7.11 Å². The Hall–Kier alpha value is -2.11. The predicted molar refractivity (Wildman–Crippen MR) is 64.6 cm³/mol. The molecule has 19 heavy (non-hydrogen) atoms. The average Bonchev–Trinajstić information content (AvgIpc) is 2.32. The van der Waals surface area contributed by atoms with Gasteiger partial charge in [-0.05, 0) is 37.5 Å². The molecular weight excluding hydrogens is 253 g/mol. The van der Waals surface area contributed by atoms with Gasteiger partial charge in [-0.25, -0.2) is 9.18 Å². The van der Waals surface area contributed by atoms with E-state index in [1.165, 1.54) is 19.2 Å². The van der Waals surface area contributed by atoms with E-state index in [1.54, 1.807) is 0 Å². The molecule has 1 amide bonds. The summed E-state index contributed by atoms with van der Waals surface area (Å²) in [5, 5.41) is 11.6. The molecule has 1 aromatic rings. The molecule has 0 spiro atoms. The number of ether oxygens (including phenoxy) is 1. The van der Waals surface area contributed by atoms with Gasteiger partial charge < -0.3 is 15.2 Å². The zero-order valence-corrected chi connectivity index (χ0v) is 10.4. The third-order valence-electron chi connectivity index (χ3n) is 3.38. The highest BCUT2D eigenvalue weighted by Gasteiger charge is 2.45. The number of nitrogens with one attached hydrogen (secondary N) is 1. The van der Waals surface area contributed by atoms with Crippen LogP contribution in [0.4, 0.5) is 4.39 Å². The summed E-state index contributed by atoms with van der Waals surface area (Å²) in [6, 6.07) is 3.76. The fourth-order valence-corrected chi connectivity index (χ4v) is 2.02. The molecular formula is C13H14FNO4. The second-order valence-electron chi connectivity index (χ2n) is 4.54. The van der Waals surface area contributed by atoms with Crippen LogP contribution in [0.25, 0.3) is 0 Å². The van der Waals surface area contributed by atoms with E-state index in [9.17, 15) is 14.0 Å². The minimum atomic E-state index is -1.20. The second kappa shape index (κ2) is 4.87. The van der Waals surface area contributed by atoms with Crippen molar-refractivity contribution in [3.8, 4) is 5.75 Å². The first-order valence-electron chi connectivity index (χ1n) is 5.88. The van der Waals surface area contributed by atoms with E-state index in [1.807, 2.05) is 0 Å². The van der Waals surface area contributed by atoms with E-state index >= 15 is 0 Å². The second-order valence-corrected chi connectivity index (χ2v) is 4.54. The number of amides is 1. The predicted octanol–water partition coefficient (Wildman–Crippen LogP) is 1.57. The number of carboxylic acids is 1. The van der Waals surface area contributed by atoms with Crippen molar-refractivity contribution in [2.45, 2.75) is 24.8 Å². The maximum absolute atomic E-state index is 13.5. The smallest absolute Gasteiger partial charge is 0.329 e. The quantitative estimate of drug-likeness (QED) is 0.868. The normalized spacial score (nSPS) is 16.3. The highest BCUT2D eigenvalue weighted by atomic mass is 19.1. The number of carbonyl (C=O) groups excluding carboxylic acids is 1. The number of benzene rings is 1. The third-order valence-corrected chi connectivity index (χ3v) is 3.38. The summed E-state index contributed by atoms with van der Waals surface area (Å²) in [6.45, 7) is 0. The lowest BCUT2D eigenvalue weighted by Crippen LogP contribution is -2.59. The van der Waals surface area contributed by atoms with Gasteiger partial charge in [0.05, 0.1) is 7.11 Å². The minimum absolute atomic E-state index is 0.0353. The van der Waals surface area contributed by atoms with Gasteiger partial charge in [0.1, 0.15) is 5.54 Å². The number of rotatable bonds is 4. The van der Waals surface area contributed by atoms with Crippen LogP contribution in [0.5, 0.6) is 5.75 Å². The van der Waals surface area contributed by atoms with E-state index in [4.69, 9.17) is 9.84 Å². The Balaban J connectivity index is 2.16. The van der Waals surface area contributed by atoms with Crippen LogP contribution in [0.15, 0.2) is 18.2 Å². The number of aliphatic carboxylic acids is 1. The third kappa shape index (κ3) is 2.38. The molecule has 1 saturated carbocycles. The number of carbonyl (C=O) groups is 2. The topological polar surface area (TPSA) is 75.6 Å². The Morgan fingerprint density at radius 3 is 2.53 bits per heavy atom. The van der Waals surface area contributed by atoms with Crippen LogP contribution < -0.4 is 10.1 Å². The van der Waals surface area contributed by atoms with Crippen LogP contribution in [0.1, 0.15) is 29.6 Å². The highest BCUT2D eigenvalue weighted by Crippen LogP contribution is 2.32. The number of halogens is 1. The van der Waals surface area contributed by atoms with Crippen molar-refractivity contribution < 1.29 is 23.8 Å². The van der Waals surface area contributed by atoms with Gasteiger partial charge in [-0.3, -0.25) is 4.79 Å². The lowest BCUT2D eigenvalue weighted by Gasteiger charge is -2.38. The van der Waals surface area contributed by atoms with Crippen LogP contribution in [0.2, 0.25) is 0 Å². The maximum Gasteiger partial charge on any atom is 0.329 e. The highest BCUT2D eigenvalue weighted by molar-refractivity contribution is 5.98. The molecule has 0 radical (unpaired) electrons. The van der Waals surface area contributed by atoms with E-state index in [2.05, 4.69) is 5.32 Å². The number of methoxy groups -OCH3 is 1. The van der Waals surface area contributed by atoms with Crippen molar-refractivity contribution in [1.29, 1.82) is 0 Å². The molecule has 6 heteroatoms. The Morgan fingerprint density at radius 2 is 2.11 bits per heavy atom. The number of hydrogen-bond acceptors (Lipinski definition) is 3. The van der Waals surface area contributed by atoms with Gasteiger partial charge in [-0.2, -0.15) is 0 Å². The molecule has 0 aromatic heterocycles. The summed E-state index contributed by atoms with van der Waals surface area (Å²) in [4.78, 5) is 23.1.